The minimum absolute atomic E-state index is 0.00358. The molecule has 40 heavy (non-hydrogen) atoms. The van der Waals surface area contributed by atoms with Gasteiger partial charge >= 0.3 is 5.97 Å². The number of ether oxygens (including phenoxy) is 1. The lowest BCUT2D eigenvalue weighted by Crippen LogP contribution is -2.45. The van der Waals surface area contributed by atoms with Crippen LogP contribution in [0, 0.1) is 11.8 Å². The molecule has 1 spiro atoms. The SMILES string of the molecule is CC#C[C@@H](CC(=O)O)c1ccc(OCc2ccc(CN3CCC4(CC3)CN(C(C)C)c3ccccc34)cc2)cc1. The highest BCUT2D eigenvalue weighted by atomic mass is 16.5. The maximum absolute atomic E-state index is 11.1. The van der Waals surface area contributed by atoms with Crippen molar-refractivity contribution in [3.63, 3.8) is 0 Å². The molecule has 5 rings (SSSR count). The highest BCUT2D eigenvalue weighted by Crippen LogP contribution is 2.47. The van der Waals surface area contributed by atoms with E-state index in [-0.39, 0.29) is 17.8 Å². The van der Waals surface area contributed by atoms with Crippen LogP contribution in [0.15, 0.2) is 72.8 Å². The molecule has 0 aromatic heterocycles. The third kappa shape index (κ3) is 6.18. The van der Waals surface area contributed by atoms with Crippen LogP contribution in [0.1, 0.15) is 68.2 Å². The smallest absolute Gasteiger partial charge is 0.304 e. The summed E-state index contributed by atoms with van der Waals surface area (Å²) in [6.45, 7) is 11.2. The molecule has 2 heterocycles. The van der Waals surface area contributed by atoms with Gasteiger partial charge in [0.15, 0.2) is 0 Å². The Bertz CT molecular complexity index is 1360. The van der Waals surface area contributed by atoms with Crippen molar-refractivity contribution in [2.75, 3.05) is 24.5 Å². The van der Waals surface area contributed by atoms with Crippen LogP contribution in [0.5, 0.6) is 5.75 Å². The zero-order chi connectivity index (χ0) is 28.1. The molecule has 3 aromatic carbocycles. The van der Waals surface area contributed by atoms with Crippen LogP contribution in [0.4, 0.5) is 5.69 Å². The molecule has 1 atom stereocenters. The van der Waals surface area contributed by atoms with Crippen molar-refractivity contribution in [3.8, 4) is 17.6 Å². The first-order chi connectivity index (χ1) is 19.4. The van der Waals surface area contributed by atoms with E-state index in [1.54, 1.807) is 12.5 Å². The number of fused-ring (bicyclic) bond motifs is 2. The molecule has 208 valence electrons. The van der Waals surface area contributed by atoms with Gasteiger partial charge in [-0.2, -0.15) is 0 Å². The van der Waals surface area contributed by atoms with Crippen molar-refractivity contribution in [1.82, 2.24) is 4.90 Å². The van der Waals surface area contributed by atoms with Crippen molar-refractivity contribution in [2.45, 2.75) is 70.6 Å². The van der Waals surface area contributed by atoms with E-state index in [0.29, 0.717) is 12.6 Å². The molecule has 0 aliphatic carbocycles. The van der Waals surface area contributed by atoms with E-state index in [4.69, 9.17) is 9.84 Å². The van der Waals surface area contributed by atoms with Gasteiger partial charge in [-0.15, -0.1) is 5.92 Å². The minimum Gasteiger partial charge on any atom is -0.489 e. The van der Waals surface area contributed by atoms with E-state index in [1.807, 2.05) is 24.3 Å². The number of nitrogens with zero attached hydrogens (tertiary/aromatic N) is 2. The Morgan fingerprint density at radius 1 is 0.975 bits per heavy atom. The minimum atomic E-state index is -0.849. The highest BCUT2D eigenvalue weighted by molar-refractivity contribution is 5.69. The molecular weight excluding hydrogens is 496 g/mol. The molecule has 3 aromatic rings. The first-order valence-electron chi connectivity index (χ1n) is 14.4. The number of hydrogen-bond acceptors (Lipinski definition) is 4. The summed E-state index contributed by atoms with van der Waals surface area (Å²) in [5.41, 5.74) is 6.64. The van der Waals surface area contributed by atoms with Crippen LogP contribution in [-0.4, -0.2) is 41.7 Å². The maximum atomic E-state index is 11.1. The van der Waals surface area contributed by atoms with Crippen molar-refractivity contribution < 1.29 is 14.6 Å². The van der Waals surface area contributed by atoms with E-state index in [2.05, 4.69) is 84.0 Å². The van der Waals surface area contributed by atoms with Gasteiger partial charge in [-0.05, 0) is 87.2 Å². The fraction of sp³-hybridized carbons (Fsp3) is 0.400. The van der Waals surface area contributed by atoms with E-state index >= 15 is 0 Å². The number of anilines is 1. The first-order valence-corrected chi connectivity index (χ1v) is 14.4. The molecule has 0 saturated carbocycles. The number of rotatable bonds is 9. The van der Waals surface area contributed by atoms with Gasteiger partial charge < -0.3 is 14.7 Å². The van der Waals surface area contributed by atoms with E-state index < -0.39 is 5.97 Å². The number of hydrogen-bond donors (Lipinski definition) is 1. The van der Waals surface area contributed by atoms with Gasteiger partial charge in [0.1, 0.15) is 12.4 Å². The fourth-order valence-electron chi connectivity index (χ4n) is 6.26. The zero-order valence-electron chi connectivity index (χ0n) is 23.9. The summed E-state index contributed by atoms with van der Waals surface area (Å²) in [5.74, 6) is 5.43. The summed E-state index contributed by atoms with van der Waals surface area (Å²) in [6, 6.07) is 25.9. The van der Waals surface area contributed by atoms with Gasteiger partial charge in [0.2, 0.25) is 0 Å². The largest absolute Gasteiger partial charge is 0.489 e. The quantitative estimate of drug-likeness (QED) is 0.312. The molecular formula is C35H40N2O3. The zero-order valence-corrected chi connectivity index (χ0v) is 23.9. The van der Waals surface area contributed by atoms with Crippen molar-refractivity contribution in [3.05, 3.63) is 95.1 Å². The number of carbonyl (C=O) groups is 1. The Hall–Kier alpha value is -3.75. The van der Waals surface area contributed by atoms with E-state index in [0.717, 1.165) is 43.1 Å². The number of benzene rings is 3. The molecule has 5 heteroatoms. The summed E-state index contributed by atoms with van der Waals surface area (Å²) >= 11 is 0. The number of carboxylic acids is 1. The lowest BCUT2D eigenvalue weighted by Gasteiger charge is -2.40. The Morgan fingerprint density at radius 3 is 2.30 bits per heavy atom. The topological polar surface area (TPSA) is 53.0 Å². The molecule has 1 N–H and O–H groups in total. The molecule has 0 bridgehead atoms. The van der Waals surface area contributed by atoms with E-state index in [1.165, 1.54) is 24.1 Å². The van der Waals surface area contributed by atoms with Gasteiger partial charge in [-0.25, -0.2) is 0 Å². The molecule has 2 aliphatic heterocycles. The van der Waals surface area contributed by atoms with Crippen LogP contribution in [0.2, 0.25) is 0 Å². The number of aliphatic carboxylic acids is 1. The van der Waals surface area contributed by atoms with Crippen LogP contribution >= 0.6 is 0 Å². The molecule has 1 saturated heterocycles. The molecule has 2 aliphatic rings. The predicted octanol–water partition coefficient (Wildman–Crippen LogP) is 6.61. The Labute approximate surface area is 238 Å². The van der Waals surface area contributed by atoms with Crippen molar-refractivity contribution in [2.24, 2.45) is 0 Å². The third-order valence-electron chi connectivity index (χ3n) is 8.51. The van der Waals surface area contributed by atoms with Crippen LogP contribution in [0.25, 0.3) is 0 Å². The van der Waals surface area contributed by atoms with Crippen LogP contribution in [-0.2, 0) is 23.4 Å². The maximum Gasteiger partial charge on any atom is 0.304 e. The Balaban J connectivity index is 1.12. The van der Waals surface area contributed by atoms with E-state index in [9.17, 15) is 4.79 Å². The Kier molecular flexibility index (Phi) is 8.47. The monoisotopic (exact) mass is 536 g/mol. The number of likely N-dealkylation sites (tertiary alicyclic amines) is 1. The highest BCUT2D eigenvalue weighted by Gasteiger charge is 2.44. The average Bonchev–Trinajstić information content (AvgIpc) is 3.28. The van der Waals surface area contributed by atoms with Gasteiger partial charge in [-0.1, -0.05) is 60.5 Å². The lowest BCUT2D eigenvalue weighted by molar-refractivity contribution is -0.137. The first kappa shape index (κ1) is 27.8. The number of para-hydroxylation sites is 1. The summed E-state index contributed by atoms with van der Waals surface area (Å²) in [6.07, 6.45) is 2.41. The summed E-state index contributed by atoms with van der Waals surface area (Å²) in [7, 11) is 0. The van der Waals surface area contributed by atoms with Crippen LogP contribution < -0.4 is 9.64 Å². The van der Waals surface area contributed by atoms with Crippen molar-refractivity contribution >= 4 is 11.7 Å². The summed E-state index contributed by atoms with van der Waals surface area (Å²) in [5, 5.41) is 9.15. The van der Waals surface area contributed by atoms with Gasteiger partial charge in [0, 0.05) is 30.2 Å². The predicted molar refractivity (Wildman–Crippen MR) is 161 cm³/mol. The summed E-state index contributed by atoms with van der Waals surface area (Å²) in [4.78, 5) is 16.3. The fourth-order valence-corrected chi connectivity index (χ4v) is 6.26. The molecule has 5 nitrogen and oxygen atoms in total. The van der Waals surface area contributed by atoms with Gasteiger partial charge in [-0.3, -0.25) is 9.69 Å². The number of piperidine rings is 1. The standard InChI is InChI=1S/C35H40N2O3/c1-4-7-30(22-34(38)39)29-14-16-31(17-15-29)40-24-28-12-10-27(11-13-28)23-36-20-18-35(19-21-36)25-37(26(2)3)33-9-6-5-8-32(33)35/h5-6,8-17,26,30H,18-25H2,1-3H3,(H,38,39)/t30-/m0/s1. The molecule has 0 amide bonds. The Morgan fingerprint density at radius 2 is 1.65 bits per heavy atom. The second-order valence-corrected chi connectivity index (χ2v) is 11.5. The molecule has 1 fully saturated rings. The van der Waals surface area contributed by atoms with Crippen LogP contribution in [0.3, 0.4) is 0 Å². The number of carboxylic acid groups (broad SMARTS) is 1. The van der Waals surface area contributed by atoms with Crippen molar-refractivity contribution in [1.29, 1.82) is 0 Å². The van der Waals surface area contributed by atoms with Gasteiger partial charge in [0.25, 0.3) is 0 Å². The molecule has 0 unspecified atom stereocenters. The second-order valence-electron chi connectivity index (χ2n) is 11.5. The summed E-state index contributed by atoms with van der Waals surface area (Å²) < 4.78 is 6.00. The lowest BCUT2D eigenvalue weighted by atomic mass is 9.74. The van der Waals surface area contributed by atoms with Gasteiger partial charge in [0.05, 0.1) is 12.3 Å². The third-order valence-corrected chi connectivity index (χ3v) is 8.51. The average molecular weight is 537 g/mol. The molecule has 0 radical (unpaired) electrons. The normalized spacial score (nSPS) is 16.9. The second kappa shape index (κ2) is 12.2.